The Hall–Kier alpha value is -9.14. The lowest BCUT2D eigenvalue weighted by molar-refractivity contribution is -0.383. The highest BCUT2D eigenvalue weighted by Gasteiger charge is 2.29. The first-order valence-electron chi connectivity index (χ1n) is 21.8. The molecule has 312 valence electrons. The predicted octanol–water partition coefficient (Wildman–Crippen LogP) is 16.0. The zero-order valence-corrected chi connectivity index (χ0v) is 35.4. The summed E-state index contributed by atoms with van der Waals surface area (Å²) in [4.78, 5) is 25.4. The van der Waals surface area contributed by atoms with Crippen molar-refractivity contribution in [1.29, 1.82) is 0 Å². The number of hydrogen-bond donors (Lipinski definition) is 1. The van der Waals surface area contributed by atoms with Gasteiger partial charge in [-0.15, -0.1) is 0 Å². The smallest absolute Gasteiger partial charge is 0.293 e. The number of anilines is 8. The standard InChI is InChI=1S/C29H19N3O2.C29H19N3/c33-32(34)27-16-14-21-8-3-6-12-26(21)29(27)31(24-15-13-20-7-1-2-9-22(20)17-24)28-19-30-18-23-10-4-5-11-25(23)28;1-5-11-23-19(7-1)14-16-26-28(23)31-25-15-13-20-8-2-6-12-24(20)29(25)32(26)27-18-30-17-21-9-3-4-10-22(21)27/h1-19H;1-18,31H. The Bertz CT molecular complexity index is 3880. The molecule has 3 heterocycles. The molecule has 0 aliphatic carbocycles. The minimum Gasteiger partial charge on any atom is -0.352 e. The first-order chi connectivity index (χ1) is 32.6. The van der Waals surface area contributed by atoms with E-state index in [0.29, 0.717) is 5.69 Å². The number of benzene rings is 10. The molecule has 1 N–H and O–H groups in total. The molecule has 2 aromatic heterocycles. The molecule has 0 saturated heterocycles. The van der Waals surface area contributed by atoms with Crippen LogP contribution in [0.15, 0.2) is 225 Å². The van der Waals surface area contributed by atoms with Crippen LogP contribution < -0.4 is 15.1 Å². The number of hydrogen-bond acceptors (Lipinski definition) is 7. The number of nitrogens with one attached hydrogen (secondary N) is 1. The van der Waals surface area contributed by atoms with Gasteiger partial charge < -0.3 is 15.1 Å². The Balaban J connectivity index is 0.000000138. The van der Waals surface area contributed by atoms with E-state index >= 15 is 0 Å². The molecule has 10 aromatic carbocycles. The van der Waals surface area contributed by atoms with Gasteiger partial charge >= 0.3 is 0 Å². The highest BCUT2D eigenvalue weighted by atomic mass is 16.6. The predicted molar refractivity (Wildman–Crippen MR) is 273 cm³/mol. The van der Waals surface area contributed by atoms with Crippen molar-refractivity contribution < 1.29 is 4.92 Å². The third-order valence-electron chi connectivity index (χ3n) is 12.6. The molecule has 0 atom stereocenters. The van der Waals surface area contributed by atoms with Crippen LogP contribution in [0.1, 0.15) is 0 Å². The van der Waals surface area contributed by atoms with Gasteiger partial charge in [0.25, 0.3) is 5.69 Å². The number of pyridine rings is 2. The summed E-state index contributed by atoms with van der Waals surface area (Å²) < 4.78 is 0. The fourth-order valence-corrected chi connectivity index (χ4v) is 9.57. The minimum atomic E-state index is -0.311. The van der Waals surface area contributed by atoms with Crippen LogP contribution in [-0.2, 0) is 0 Å². The molecule has 0 unspecified atom stereocenters. The Morgan fingerprint density at radius 1 is 0.455 bits per heavy atom. The Kier molecular flexibility index (Phi) is 9.28. The van der Waals surface area contributed by atoms with E-state index in [1.165, 1.54) is 26.9 Å². The maximum absolute atomic E-state index is 12.3. The zero-order valence-electron chi connectivity index (χ0n) is 35.4. The molecular formula is C58H38N6O2. The van der Waals surface area contributed by atoms with Gasteiger partial charge in [-0.05, 0) is 57.3 Å². The molecule has 1 aliphatic heterocycles. The number of nitro benzene ring substituents is 1. The second-order valence-electron chi connectivity index (χ2n) is 16.4. The summed E-state index contributed by atoms with van der Waals surface area (Å²) >= 11 is 0. The monoisotopic (exact) mass is 850 g/mol. The van der Waals surface area contributed by atoms with E-state index in [-0.39, 0.29) is 10.6 Å². The van der Waals surface area contributed by atoms with Crippen LogP contribution >= 0.6 is 0 Å². The van der Waals surface area contributed by atoms with Gasteiger partial charge in [0.1, 0.15) is 5.69 Å². The lowest BCUT2D eigenvalue weighted by Crippen LogP contribution is -2.19. The van der Waals surface area contributed by atoms with E-state index in [1.54, 1.807) is 18.3 Å². The molecule has 0 fully saturated rings. The second kappa shape index (κ2) is 15.9. The van der Waals surface area contributed by atoms with Gasteiger partial charge in [-0.2, -0.15) is 0 Å². The summed E-state index contributed by atoms with van der Waals surface area (Å²) in [5.41, 5.74) is 7.77. The average Bonchev–Trinajstić information content (AvgIpc) is 3.38. The molecule has 66 heavy (non-hydrogen) atoms. The van der Waals surface area contributed by atoms with Crippen molar-refractivity contribution in [3.63, 3.8) is 0 Å². The average molecular weight is 851 g/mol. The second-order valence-corrected chi connectivity index (χ2v) is 16.4. The van der Waals surface area contributed by atoms with Gasteiger partial charge in [0.2, 0.25) is 0 Å². The molecule has 0 saturated carbocycles. The Labute approximate surface area is 379 Å². The summed E-state index contributed by atoms with van der Waals surface area (Å²) in [5, 5.41) is 29.0. The van der Waals surface area contributed by atoms with Gasteiger partial charge in [-0.1, -0.05) is 164 Å². The highest BCUT2D eigenvalue weighted by molar-refractivity contribution is 6.16. The molecule has 8 heteroatoms. The Morgan fingerprint density at radius 2 is 0.985 bits per heavy atom. The van der Waals surface area contributed by atoms with Crippen LogP contribution in [0, 0.1) is 10.1 Å². The van der Waals surface area contributed by atoms with Gasteiger partial charge in [0.15, 0.2) is 0 Å². The molecule has 8 nitrogen and oxygen atoms in total. The van der Waals surface area contributed by atoms with Crippen LogP contribution in [0.5, 0.6) is 0 Å². The molecule has 13 rings (SSSR count). The molecule has 0 spiro atoms. The SMILES string of the molecule is O=[N+]([O-])c1ccc2ccccc2c1N(c1ccc2ccccc2c1)c1cncc2ccccc12.c1ccc2c(N3c4ccc5ccccc5c4Nc4ccc5ccccc5c43)cncc2c1. The maximum Gasteiger partial charge on any atom is 0.293 e. The molecule has 0 amide bonds. The first kappa shape index (κ1) is 38.5. The van der Waals surface area contributed by atoms with Crippen LogP contribution in [0.3, 0.4) is 0 Å². The van der Waals surface area contributed by atoms with E-state index < -0.39 is 0 Å². The maximum atomic E-state index is 12.3. The van der Waals surface area contributed by atoms with E-state index in [4.69, 9.17) is 0 Å². The van der Waals surface area contributed by atoms with Crippen molar-refractivity contribution in [2.24, 2.45) is 0 Å². The number of fused-ring (bicyclic) bond motifs is 10. The lowest BCUT2D eigenvalue weighted by atomic mass is 9.98. The van der Waals surface area contributed by atoms with Crippen molar-refractivity contribution in [2.75, 3.05) is 15.1 Å². The molecule has 0 radical (unpaired) electrons. The molecule has 1 aliphatic rings. The first-order valence-corrected chi connectivity index (χ1v) is 21.8. The quantitative estimate of drug-likeness (QED) is 0.136. The zero-order chi connectivity index (χ0) is 44.1. The van der Waals surface area contributed by atoms with Crippen LogP contribution in [0.25, 0.3) is 64.6 Å². The topological polar surface area (TPSA) is 87.4 Å². The third-order valence-corrected chi connectivity index (χ3v) is 12.6. The summed E-state index contributed by atoms with van der Waals surface area (Å²) in [6.45, 7) is 0. The number of nitrogens with zero attached hydrogens (tertiary/aromatic N) is 5. The van der Waals surface area contributed by atoms with E-state index in [1.807, 2.05) is 96.3 Å². The minimum absolute atomic E-state index is 0.0415. The van der Waals surface area contributed by atoms with Gasteiger partial charge in [-0.3, -0.25) is 20.1 Å². The molecule has 12 aromatic rings. The molecular weight excluding hydrogens is 813 g/mol. The van der Waals surface area contributed by atoms with E-state index in [2.05, 4.69) is 135 Å². The van der Waals surface area contributed by atoms with E-state index in [0.717, 1.165) is 77.5 Å². The summed E-state index contributed by atoms with van der Waals surface area (Å²) in [7, 11) is 0. The Morgan fingerprint density at radius 3 is 1.73 bits per heavy atom. The molecule has 0 bridgehead atoms. The fourth-order valence-electron chi connectivity index (χ4n) is 9.57. The number of nitro groups is 1. The van der Waals surface area contributed by atoms with Crippen LogP contribution in [0.4, 0.5) is 51.2 Å². The summed E-state index contributed by atoms with van der Waals surface area (Å²) in [6, 6.07) is 67.8. The van der Waals surface area contributed by atoms with Gasteiger partial charge in [-0.25, -0.2) is 0 Å². The van der Waals surface area contributed by atoms with Gasteiger partial charge in [0.05, 0.1) is 51.4 Å². The van der Waals surface area contributed by atoms with Crippen molar-refractivity contribution in [2.45, 2.75) is 0 Å². The van der Waals surface area contributed by atoms with Crippen molar-refractivity contribution in [1.82, 2.24) is 9.97 Å². The van der Waals surface area contributed by atoms with Crippen LogP contribution in [0.2, 0.25) is 0 Å². The third kappa shape index (κ3) is 6.47. The van der Waals surface area contributed by atoms with Gasteiger partial charge in [0, 0.05) is 61.9 Å². The number of aromatic nitrogens is 2. The lowest BCUT2D eigenvalue weighted by Gasteiger charge is -2.36. The highest BCUT2D eigenvalue weighted by Crippen LogP contribution is 2.54. The van der Waals surface area contributed by atoms with E-state index in [9.17, 15) is 10.1 Å². The summed E-state index contributed by atoms with van der Waals surface area (Å²) in [6.07, 6.45) is 7.52. The number of rotatable bonds is 5. The summed E-state index contributed by atoms with van der Waals surface area (Å²) in [5.74, 6) is 0. The largest absolute Gasteiger partial charge is 0.352 e. The fraction of sp³-hybridized carbons (Fsp3) is 0. The van der Waals surface area contributed by atoms with Crippen molar-refractivity contribution in [3.8, 4) is 0 Å². The van der Waals surface area contributed by atoms with Crippen LogP contribution in [-0.4, -0.2) is 14.9 Å². The van der Waals surface area contributed by atoms with Crippen molar-refractivity contribution >= 4 is 116 Å². The van der Waals surface area contributed by atoms with Crippen molar-refractivity contribution in [3.05, 3.63) is 235 Å². The normalized spacial score (nSPS) is 11.8.